The van der Waals surface area contributed by atoms with Gasteiger partial charge in [0, 0.05) is 40.7 Å². The summed E-state index contributed by atoms with van der Waals surface area (Å²) >= 11 is 0. The Morgan fingerprint density at radius 1 is 0.897 bits per heavy atom. The van der Waals surface area contributed by atoms with Gasteiger partial charge in [0.1, 0.15) is 11.2 Å². The van der Waals surface area contributed by atoms with E-state index in [1.807, 2.05) is 24.3 Å². The van der Waals surface area contributed by atoms with Crippen molar-refractivity contribution in [3.8, 4) is 33.9 Å². The predicted octanol–water partition coefficient (Wildman–Crippen LogP) is 4.22. The highest BCUT2D eigenvalue weighted by Gasteiger charge is 2.16. The quantitative estimate of drug-likeness (QED) is 0.476. The summed E-state index contributed by atoms with van der Waals surface area (Å²) in [6.45, 7) is 0. The van der Waals surface area contributed by atoms with Crippen molar-refractivity contribution in [3.05, 3.63) is 67.8 Å². The Kier molecular flexibility index (Phi) is 3.30. The van der Waals surface area contributed by atoms with Crippen molar-refractivity contribution in [1.82, 2.24) is 35.1 Å². The fourth-order valence-electron chi connectivity index (χ4n) is 3.45. The second-order valence-corrected chi connectivity index (χ2v) is 6.60. The summed E-state index contributed by atoms with van der Waals surface area (Å²) in [4.78, 5) is 21.1. The number of hydrogen-bond acceptors (Lipinski definition) is 6. The Morgan fingerprint density at radius 2 is 1.83 bits per heavy atom. The van der Waals surface area contributed by atoms with E-state index < -0.39 is 0 Å². The van der Waals surface area contributed by atoms with Crippen molar-refractivity contribution in [2.75, 3.05) is 0 Å². The van der Waals surface area contributed by atoms with Gasteiger partial charge in [0.05, 0.1) is 41.6 Å². The molecule has 6 rings (SSSR count). The average molecular weight is 379 g/mol. The van der Waals surface area contributed by atoms with Gasteiger partial charge in [-0.25, -0.2) is 4.98 Å². The van der Waals surface area contributed by atoms with Gasteiger partial charge in [0.15, 0.2) is 5.82 Å². The van der Waals surface area contributed by atoms with Crippen LogP contribution < -0.4 is 0 Å². The van der Waals surface area contributed by atoms with E-state index in [4.69, 9.17) is 9.40 Å². The largest absolute Gasteiger partial charge is 0.472 e. The lowest BCUT2D eigenvalue weighted by Crippen LogP contribution is -1.85. The van der Waals surface area contributed by atoms with Crippen LogP contribution >= 0.6 is 0 Å². The maximum Gasteiger partial charge on any atom is 0.159 e. The van der Waals surface area contributed by atoms with Crippen LogP contribution in [-0.2, 0) is 0 Å². The molecule has 6 aromatic heterocycles. The number of aromatic amines is 2. The highest BCUT2D eigenvalue weighted by molar-refractivity contribution is 5.97. The SMILES string of the molecule is c1cc(-c2cc3c(-c4nc5c(-c6ccoc6)cncc5[nH]4)n[nH]c3cn2)ccn1. The van der Waals surface area contributed by atoms with Gasteiger partial charge in [-0.15, -0.1) is 0 Å². The van der Waals surface area contributed by atoms with E-state index in [2.05, 4.69) is 30.1 Å². The molecular weight excluding hydrogens is 366 g/mol. The number of imidazole rings is 1. The molecule has 0 radical (unpaired) electrons. The van der Waals surface area contributed by atoms with E-state index >= 15 is 0 Å². The lowest BCUT2D eigenvalue weighted by atomic mass is 10.1. The fourth-order valence-corrected chi connectivity index (χ4v) is 3.45. The van der Waals surface area contributed by atoms with Gasteiger partial charge in [-0.2, -0.15) is 5.10 Å². The molecule has 0 saturated carbocycles. The molecule has 0 aliphatic rings. The number of fused-ring (bicyclic) bond motifs is 2. The Morgan fingerprint density at radius 3 is 2.69 bits per heavy atom. The number of nitrogens with zero attached hydrogens (tertiary/aromatic N) is 5. The van der Waals surface area contributed by atoms with Crippen molar-refractivity contribution in [2.24, 2.45) is 0 Å². The molecule has 0 atom stereocenters. The predicted molar refractivity (Wildman–Crippen MR) is 108 cm³/mol. The number of hydrogen-bond donors (Lipinski definition) is 2. The number of furan rings is 1. The van der Waals surface area contributed by atoms with E-state index in [1.165, 1.54) is 0 Å². The Labute approximate surface area is 163 Å². The Bertz CT molecular complexity index is 1450. The van der Waals surface area contributed by atoms with Crippen LogP contribution in [0.5, 0.6) is 0 Å². The van der Waals surface area contributed by atoms with E-state index in [1.54, 1.807) is 43.5 Å². The fraction of sp³-hybridized carbons (Fsp3) is 0. The summed E-state index contributed by atoms with van der Waals surface area (Å²) in [6.07, 6.45) is 12.1. The lowest BCUT2D eigenvalue weighted by Gasteiger charge is -2.00. The molecule has 0 saturated heterocycles. The van der Waals surface area contributed by atoms with Crippen molar-refractivity contribution in [3.63, 3.8) is 0 Å². The van der Waals surface area contributed by atoms with Gasteiger partial charge in [-0.3, -0.25) is 20.1 Å². The molecule has 0 aliphatic carbocycles. The molecule has 8 nitrogen and oxygen atoms in total. The molecule has 0 unspecified atom stereocenters. The highest BCUT2D eigenvalue weighted by atomic mass is 16.3. The number of H-pyrrole nitrogens is 2. The molecule has 6 heterocycles. The molecule has 2 N–H and O–H groups in total. The third kappa shape index (κ3) is 2.50. The molecule has 0 fully saturated rings. The number of nitrogens with one attached hydrogen (secondary N) is 2. The molecule has 0 spiro atoms. The topological polar surface area (TPSA) is 109 Å². The van der Waals surface area contributed by atoms with Crippen LogP contribution in [0.2, 0.25) is 0 Å². The zero-order valence-corrected chi connectivity index (χ0v) is 15.0. The third-order valence-corrected chi connectivity index (χ3v) is 4.87. The average Bonchev–Trinajstić information content (AvgIpc) is 3.52. The molecule has 0 aromatic carbocycles. The Balaban J connectivity index is 1.53. The van der Waals surface area contributed by atoms with E-state index in [0.29, 0.717) is 5.82 Å². The smallest absolute Gasteiger partial charge is 0.159 e. The number of pyridine rings is 3. The summed E-state index contributed by atoms with van der Waals surface area (Å²) in [7, 11) is 0. The van der Waals surface area contributed by atoms with E-state index in [-0.39, 0.29) is 0 Å². The first-order valence-electron chi connectivity index (χ1n) is 8.98. The molecule has 0 bridgehead atoms. The van der Waals surface area contributed by atoms with Gasteiger partial charge in [0.2, 0.25) is 0 Å². The van der Waals surface area contributed by atoms with Crippen molar-refractivity contribution >= 4 is 21.9 Å². The first-order valence-corrected chi connectivity index (χ1v) is 8.98. The van der Waals surface area contributed by atoms with Gasteiger partial charge in [0.25, 0.3) is 0 Å². The highest BCUT2D eigenvalue weighted by Crippen LogP contribution is 2.31. The summed E-state index contributed by atoms with van der Waals surface area (Å²) in [5, 5.41) is 8.45. The molecule has 6 aromatic rings. The standard InChI is InChI=1S/C21H13N7O/c1-4-22-5-2-12(1)16-7-14-17(10-24-16)27-28-20(14)21-25-18-9-23-8-15(19(18)26-21)13-3-6-29-11-13/h1-11H,(H,25,26)(H,27,28). The minimum atomic E-state index is 0.663. The van der Waals surface area contributed by atoms with E-state index in [9.17, 15) is 0 Å². The zero-order chi connectivity index (χ0) is 19.2. The van der Waals surface area contributed by atoms with Gasteiger partial charge in [-0.05, 0) is 24.3 Å². The summed E-state index contributed by atoms with van der Waals surface area (Å²) < 4.78 is 5.22. The summed E-state index contributed by atoms with van der Waals surface area (Å²) in [5.74, 6) is 0.663. The molecule has 138 valence electrons. The minimum absolute atomic E-state index is 0.663. The second-order valence-electron chi connectivity index (χ2n) is 6.60. The molecule has 0 amide bonds. The van der Waals surface area contributed by atoms with E-state index in [0.717, 1.165) is 50.0 Å². The molecule has 29 heavy (non-hydrogen) atoms. The number of rotatable bonds is 3. The first kappa shape index (κ1) is 15.7. The maximum atomic E-state index is 5.22. The second kappa shape index (κ2) is 6.10. The number of aromatic nitrogens is 7. The molecule has 0 aliphatic heterocycles. The van der Waals surface area contributed by atoms with Gasteiger partial charge >= 0.3 is 0 Å². The third-order valence-electron chi connectivity index (χ3n) is 4.87. The maximum absolute atomic E-state index is 5.22. The minimum Gasteiger partial charge on any atom is -0.472 e. The molecular formula is C21H13N7O. The van der Waals surface area contributed by atoms with Crippen LogP contribution in [0.25, 0.3) is 55.8 Å². The van der Waals surface area contributed by atoms with Crippen molar-refractivity contribution in [1.29, 1.82) is 0 Å². The van der Waals surface area contributed by atoms with Crippen LogP contribution in [0.1, 0.15) is 0 Å². The summed E-state index contributed by atoms with van der Waals surface area (Å²) in [5.41, 5.74) is 6.88. The van der Waals surface area contributed by atoms with Crippen LogP contribution in [0, 0.1) is 0 Å². The van der Waals surface area contributed by atoms with Crippen LogP contribution in [0.15, 0.2) is 72.2 Å². The zero-order valence-electron chi connectivity index (χ0n) is 15.0. The van der Waals surface area contributed by atoms with Crippen LogP contribution in [0.4, 0.5) is 0 Å². The van der Waals surface area contributed by atoms with Crippen LogP contribution in [-0.4, -0.2) is 35.1 Å². The summed E-state index contributed by atoms with van der Waals surface area (Å²) in [6, 6.07) is 7.75. The Hall–Kier alpha value is -4.33. The van der Waals surface area contributed by atoms with Crippen molar-refractivity contribution in [2.45, 2.75) is 0 Å². The van der Waals surface area contributed by atoms with Gasteiger partial charge < -0.3 is 9.40 Å². The monoisotopic (exact) mass is 379 g/mol. The van der Waals surface area contributed by atoms with Crippen LogP contribution in [0.3, 0.4) is 0 Å². The van der Waals surface area contributed by atoms with Gasteiger partial charge in [-0.1, -0.05) is 0 Å². The normalized spacial score (nSPS) is 11.4. The first-order chi connectivity index (χ1) is 14.4. The molecule has 8 heteroatoms. The van der Waals surface area contributed by atoms with Crippen molar-refractivity contribution < 1.29 is 4.42 Å². The lowest BCUT2D eigenvalue weighted by molar-refractivity contribution is 0.568.